The van der Waals surface area contributed by atoms with Gasteiger partial charge in [0, 0.05) is 11.8 Å². The average molecular weight is 308 g/mol. The maximum atomic E-state index is 13.1. The number of aryl methyl sites for hydroxylation is 1. The monoisotopic (exact) mass is 307 g/mol. The highest BCUT2D eigenvalue weighted by molar-refractivity contribution is 9.10. The molecule has 0 saturated heterocycles. The molecule has 0 radical (unpaired) electrons. The third-order valence-corrected chi connectivity index (χ3v) is 3.30. The predicted octanol–water partition coefficient (Wildman–Crippen LogP) is 3.72. The molecule has 2 rings (SSSR count). The molecule has 0 aliphatic carbocycles. The molecule has 1 heterocycles. The molecule has 0 fully saturated rings. The van der Waals surface area contributed by atoms with Gasteiger partial charge in [-0.05, 0) is 52.7 Å². The number of halogens is 2. The molecule has 0 aliphatic heterocycles. The lowest BCUT2D eigenvalue weighted by Crippen LogP contribution is -2.06. The van der Waals surface area contributed by atoms with Crippen LogP contribution in [-0.4, -0.2) is 10.8 Å². The number of Topliss-reactive ketones (excluding diaryl/α,β-unsaturated/α-hetero) is 1. The van der Waals surface area contributed by atoms with Gasteiger partial charge < -0.3 is 0 Å². The van der Waals surface area contributed by atoms with E-state index in [1.54, 1.807) is 6.20 Å². The van der Waals surface area contributed by atoms with Crippen molar-refractivity contribution >= 4 is 21.7 Å². The Kier molecular flexibility index (Phi) is 3.87. The number of rotatable bonds is 3. The van der Waals surface area contributed by atoms with Crippen molar-refractivity contribution in [3.8, 4) is 0 Å². The van der Waals surface area contributed by atoms with Crippen molar-refractivity contribution in [2.45, 2.75) is 13.3 Å². The van der Waals surface area contributed by atoms with Crippen LogP contribution in [0.2, 0.25) is 0 Å². The van der Waals surface area contributed by atoms with Crippen molar-refractivity contribution in [2.24, 2.45) is 0 Å². The molecule has 18 heavy (non-hydrogen) atoms. The van der Waals surface area contributed by atoms with Gasteiger partial charge in [0.2, 0.25) is 0 Å². The van der Waals surface area contributed by atoms with Gasteiger partial charge in [0.1, 0.15) is 5.82 Å². The van der Waals surface area contributed by atoms with Gasteiger partial charge in [-0.25, -0.2) is 4.39 Å². The lowest BCUT2D eigenvalue weighted by molar-refractivity contribution is 0.0991. The Morgan fingerprint density at radius 1 is 1.39 bits per heavy atom. The summed E-state index contributed by atoms with van der Waals surface area (Å²) in [4.78, 5) is 16.2. The van der Waals surface area contributed by atoms with Crippen LogP contribution >= 0.6 is 15.9 Å². The molecule has 0 spiro atoms. The summed E-state index contributed by atoms with van der Waals surface area (Å²) in [5, 5.41) is 0. The second-order valence-electron chi connectivity index (χ2n) is 4.00. The molecule has 0 unspecified atom stereocenters. The minimum atomic E-state index is -0.374. The van der Waals surface area contributed by atoms with Crippen LogP contribution in [0, 0.1) is 12.7 Å². The summed E-state index contributed by atoms with van der Waals surface area (Å²) < 4.78 is 13.4. The first-order chi connectivity index (χ1) is 8.58. The Hall–Kier alpha value is -1.55. The van der Waals surface area contributed by atoms with Crippen molar-refractivity contribution in [1.82, 2.24) is 4.98 Å². The molecular weight excluding hydrogens is 297 g/mol. The van der Waals surface area contributed by atoms with Gasteiger partial charge in [0.25, 0.3) is 0 Å². The molecule has 0 amide bonds. The largest absolute Gasteiger partial charge is 0.294 e. The summed E-state index contributed by atoms with van der Waals surface area (Å²) >= 11 is 3.07. The zero-order valence-corrected chi connectivity index (χ0v) is 11.4. The van der Waals surface area contributed by atoms with Crippen molar-refractivity contribution in [1.29, 1.82) is 0 Å². The van der Waals surface area contributed by atoms with Gasteiger partial charge in [0.15, 0.2) is 5.78 Å². The summed E-state index contributed by atoms with van der Waals surface area (Å²) in [5.74, 6) is -0.446. The Bertz CT molecular complexity index is 598. The molecule has 92 valence electrons. The first-order valence-electron chi connectivity index (χ1n) is 5.46. The molecule has 0 saturated carbocycles. The van der Waals surface area contributed by atoms with E-state index in [1.807, 2.05) is 19.1 Å². The van der Waals surface area contributed by atoms with E-state index in [2.05, 4.69) is 20.9 Å². The molecule has 0 N–H and O–H groups in total. The highest BCUT2D eigenvalue weighted by Gasteiger charge is 2.11. The van der Waals surface area contributed by atoms with Crippen molar-refractivity contribution in [2.75, 3.05) is 0 Å². The summed E-state index contributed by atoms with van der Waals surface area (Å²) in [6, 6.07) is 8.01. The molecule has 0 atom stereocenters. The lowest BCUT2D eigenvalue weighted by Gasteiger charge is -2.04. The fraction of sp³-hybridized carbons (Fsp3) is 0.143. The molecule has 1 aromatic heterocycles. The first-order valence-corrected chi connectivity index (χ1v) is 6.26. The molecular formula is C14H11BrFNO. The number of hydrogen-bond acceptors (Lipinski definition) is 2. The lowest BCUT2D eigenvalue weighted by atomic mass is 10.0. The van der Waals surface area contributed by atoms with Gasteiger partial charge in [-0.15, -0.1) is 0 Å². The Labute approximate surface area is 113 Å². The fourth-order valence-electron chi connectivity index (χ4n) is 1.63. The maximum Gasteiger partial charge on any atom is 0.168 e. The zero-order valence-electron chi connectivity index (χ0n) is 9.78. The van der Waals surface area contributed by atoms with Crippen LogP contribution < -0.4 is 0 Å². The number of benzene rings is 1. The molecule has 2 nitrogen and oxygen atoms in total. The van der Waals surface area contributed by atoms with Crippen molar-refractivity contribution < 1.29 is 9.18 Å². The standard InChI is InChI=1S/C14H11BrFNO/c1-9-3-2-6-17-13(9)8-14(18)10-4-5-12(16)11(15)7-10/h2-7H,8H2,1H3. The quantitative estimate of drug-likeness (QED) is 0.809. The third-order valence-electron chi connectivity index (χ3n) is 2.69. The van der Waals surface area contributed by atoms with Gasteiger partial charge in [-0.2, -0.15) is 0 Å². The van der Waals surface area contributed by atoms with E-state index in [0.717, 1.165) is 11.3 Å². The van der Waals surface area contributed by atoms with Gasteiger partial charge in [0.05, 0.1) is 16.6 Å². The third kappa shape index (κ3) is 2.82. The van der Waals surface area contributed by atoms with E-state index in [4.69, 9.17) is 0 Å². The van der Waals surface area contributed by atoms with E-state index in [1.165, 1.54) is 18.2 Å². The van der Waals surface area contributed by atoms with E-state index in [-0.39, 0.29) is 18.0 Å². The Balaban J connectivity index is 2.22. The molecule has 2 aromatic rings. The molecule has 0 bridgehead atoms. The second kappa shape index (κ2) is 5.40. The molecule has 4 heteroatoms. The average Bonchev–Trinajstić information content (AvgIpc) is 2.35. The maximum absolute atomic E-state index is 13.1. The van der Waals surface area contributed by atoms with Gasteiger partial charge in [-0.3, -0.25) is 9.78 Å². The van der Waals surface area contributed by atoms with Crippen molar-refractivity contribution in [3.05, 3.63) is 63.6 Å². The highest BCUT2D eigenvalue weighted by atomic mass is 79.9. The number of ketones is 1. The van der Waals surface area contributed by atoms with Crippen LogP contribution in [0.3, 0.4) is 0 Å². The number of carbonyl (C=O) groups is 1. The van der Waals surface area contributed by atoms with Crippen LogP contribution in [0.4, 0.5) is 4.39 Å². The van der Waals surface area contributed by atoms with Crippen molar-refractivity contribution in [3.63, 3.8) is 0 Å². The first kappa shape index (κ1) is 12.9. The number of aromatic nitrogens is 1. The summed E-state index contributed by atoms with van der Waals surface area (Å²) in [7, 11) is 0. The highest BCUT2D eigenvalue weighted by Crippen LogP contribution is 2.18. The van der Waals surface area contributed by atoms with Crippen LogP contribution in [-0.2, 0) is 6.42 Å². The normalized spacial score (nSPS) is 10.4. The number of nitrogens with zero attached hydrogens (tertiary/aromatic N) is 1. The van der Waals surface area contributed by atoms with E-state index in [9.17, 15) is 9.18 Å². The summed E-state index contributed by atoms with van der Waals surface area (Å²) in [6.07, 6.45) is 1.89. The SMILES string of the molecule is Cc1cccnc1CC(=O)c1ccc(F)c(Br)c1. The molecule has 0 aliphatic rings. The summed E-state index contributed by atoms with van der Waals surface area (Å²) in [5.41, 5.74) is 2.21. The Morgan fingerprint density at radius 3 is 2.83 bits per heavy atom. The van der Waals surface area contributed by atoms with Gasteiger partial charge >= 0.3 is 0 Å². The molecule has 1 aromatic carbocycles. The fourth-order valence-corrected chi connectivity index (χ4v) is 2.01. The van der Waals surface area contributed by atoms with Crippen LogP contribution in [0.25, 0.3) is 0 Å². The number of carbonyl (C=O) groups excluding carboxylic acids is 1. The minimum absolute atomic E-state index is 0.0718. The Morgan fingerprint density at radius 2 is 2.17 bits per heavy atom. The van der Waals surface area contributed by atoms with E-state index in [0.29, 0.717) is 10.0 Å². The summed E-state index contributed by atoms with van der Waals surface area (Å²) in [6.45, 7) is 1.91. The van der Waals surface area contributed by atoms with Crippen LogP contribution in [0.1, 0.15) is 21.6 Å². The number of pyridine rings is 1. The van der Waals surface area contributed by atoms with Crippen LogP contribution in [0.15, 0.2) is 41.0 Å². The van der Waals surface area contributed by atoms with E-state index >= 15 is 0 Å². The predicted molar refractivity (Wildman–Crippen MR) is 71.1 cm³/mol. The smallest absolute Gasteiger partial charge is 0.168 e. The minimum Gasteiger partial charge on any atom is -0.294 e. The number of hydrogen-bond donors (Lipinski definition) is 0. The van der Waals surface area contributed by atoms with E-state index < -0.39 is 0 Å². The van der Waals surface area contributed by atoms with Crippen LogP contribution in [0.5, 0.6) is 0 Å². The topological polar surface area (TPSA) is 30.0 Å². The van der Waals surface area contributed by atoms with Gasteiger partial charge in [-0.1, -0.05) is 6.07 Å². The zero-order chi connectivity index (χ0) is 13.1. The second-order valence-corrected chi connectivity index (χ2v) is 4.85.